The summed E-state index contributed by atoms with van der Waals surface area (Å²) < 4.78 is 0. The Balaban J connectivity index is 2.11. The maximum atomic E-state index is 11.8. The molecule has 0 saturated heterocycles. The highest BCUT2D eigenvalue weighted by Crippen LogP contribution is 2.30. The van der Waals surface area contributed by atoms with Crippen molar-refractivity contribution in [3.63, 3.8) is 0 Å². The Morgan fingerprint density at radius 3 is 2.89 bits per heavy atom. The van der Waals surface area contributed by atoms with Crippen LogP contribution in [0.5, 0.6) is 0 Å². The van der Waals surface area contributed by atoms with Crippen LogP contribution in [0.3, 0.4) is 0 Å². The number of rotatable bonds is 5. The Morgan fingerprint density at radius 1 is 1.42 bits per heavy atom. The summed E-state index contributed by atoms with van der Waals surface area (Å²) in [6.07, 6.45) is 5.07. The van der Waals surface area contributed by atoms with E-state index in [1.807, 2.05) is 11.8 Å². The summed E-state index contributed by atoms with van der Waals surface area (Å²) in [5.41, 5.74) is 3.83. The van der Waals surface area contributed by atoms with Gasteiger partial charge in [-0.25, -0.2) is 0 Å². The van der Waals surface area contributed by atoms with Crippen molar-refractivity contribution >= 4 is 27.5 Å². The van der Waals surface area contributed by atoms with Crippen LogP contribution in [0, 0.1) is 0 Å². The van der Waals surface area contributed by atoms with E-state index in [1.54, 1.807) is 0 Å². The van der Waals surface area contributed by atoms with Crippen LogP contribution in [-0.4, -0.2) is 17.3 Å². The number of nitrogens with zero attached hydrogens (tertiary/aromatic N) is 1. The first-order valence-corrected chi connectivity index (χ1v) is 8.13. The van der Waals surface area contributed by atoms with Gasteiger partial charge in [-0.05, 0) is 36.5 Å². The largest absolute Gasteiger partial charge is 0.312 e. The van der Waals surface area contributed by atoms with E-state index in [0.717, 1.165) is 25.1 Å². The van der Waals surface area contributed by atoms with Gasteiger partial charge in [0.05, 0.1) is 0 Å². The minimum absolute atomic E-state index is 0.232. The molecule has 0 aliphatic carbocycles. The Labute approximate surface area is 124 Å². The van der Waals surface area contributed by atoms with Crippen molar-refractivity contribution in [2.45, 2.75) is 50.8 Å². The number of fused-ring (bicyclic) bond motifs is 1. The quantitative estimate of drug-likeness (QED) is 0.747. The van der Waals surface area contributed by atoms with Crippen LogP contribution in [-0.2, 0) is 17.6 Å². The zero-order chi connectivity index (χ0) is 13.8. The van der Waals surface area contributed by atoms with Crippen molar-refractivity contribution in [1.29, 1.82) is 0 Å². The minimum atomic E-state index is 0.232. The van der Waals surface area contributed by atoms with Crippen LogP contribution in [0.25, 0.3) is 0 Å². The smallest absolute Gasteiger partial charge is 0.226 e. The molecule has 1 amide bonds. The number of hydrogen-bond donors (Lipinski definition) is 0. The third-order valence-electron chi connectivity index (χ3n) is 3.70. The van der Waals surface area contributed by atoms with E-state index in [1.165, 1.54) is 24.0 Å². The molecule has 0 spiro atoms. The first-order chi connectivity index (χ1) is 9.15. The highest BCUT2D eigenvalue weighted by Gasteiger charge is 2.23. The van der Waals surface area contributed by atoms with Crippen LogP contribution in [0.4, 0.5) is 5.69 Å². The predicted molar refractivity (Wildman–Crippen MR) is 84.1 cm³/mol. The highest BCUT2D eigenvalue weighted by atomic mass is 79.9. The number of amides is 1. The zero-order valence-corrected chi connectivity index (χ0v) is 13.4. The summed E-state index contributed by atoms with van der Waals surface area (Å²) in [5.74, 6) is 0.232. The molecule has 0 fully saturated rings. The molecular weight excluding hydrogens is 302 g/mol. The molecule has 2 rings (SSSR count). The maximum Gasteiger partial charge on any atom is 0.226 e. The summed E-state index contributed by atoms with van der Waals surface area (Å²) in [6, 6.07) is 6.57. The van der Waals surface area contributed by atoms with E-state index < -0.39 is 0 Å². The molecule has 2 nitrogen and oxygen atoms in total. The number of halogens is 1. The topological polar surface area (TPSA) is 20.3 Å². The van der Waals surface area contributed by atoms with Gasteiger partial charge < -0.3 is 4.90 Å². The molecule has 3 heteroatoms. The molecule has 1 atom stereocenters. The molecule has 0 bridgehead atoms. The Hall–Kier alpha value is -0.830. The van der Waals surface area contributed by atoms with E-state index in [-0.39, 0.29) is 5.91 Å². The lowest BCUT2D eigenvalue weighted by Gasteiger charge is -2.17. The highest BCUT2D eigenvalue weighted by molar-refractivity contribution is 9.09. The van der Waals surface area contributed by atoms with Gasteiger partial charge in [-0.15, -0.1) is 0 Å². The SMILES string of the molecule is CCCC(Br)Cc1ccc2c(c1)CCN2C(=O)CC. The normalized spacial score (nSPS) is 15.4. The first-order valence-electron chi connectivity index (χ1n) is 7.22. The van der Waals surface area contributed by atoms with E-state index >= 15 is 0 Å². The molecule has 0 saturated carbocycles. The standard InChI is InChI=1S/C16H22BrNO/c1-3-5-14(17)11-12-6-7-15-13(10-12)8-9-18(15)16(19)4-2/h6-7,10,14H,3-5,8-9,11H2,1-2H3. The van der Waals surface area contributed by atoms with E-state index in [9.17, 15) is 4.79 Å². The summed E-state index contributed by atoms with van der Waals surface area (Å²) in [5, 5.41) is 0. The van der Waals surface area contributed by atoms with Gasteiger partial charge >= 0.3 is 0 Å². The van der Waals surface area contributed by atoms with Crippen LogP contribution >= 0.6 is 15.9 Å². The number of anilines is 1. The lowest BCUT2D eigenvalue weighted by atomic mass is 10.0. The number of benzene rings is 1. The summed E-state index contributed by atoms with van der Waals surface area (Å²) in [7, 11) is 0. The number of carbonyl (C=O) groups is 1. The fraction of sp³-hybridized carbons (Fsp3) is 0.562. The van der Waals surface area contributed by atoms with Gasteiger partial charge in [0.15, 0.2) is 0 Å². The lowest BCUT2D eigenvalue weighted by molar-refractivity contribution is -0.118. The Kier molecular flexibility index (Phi) is 5.03. The molecular formula is C16H22BrNO. The molecule has 1 aliphatic heterocycles. The van der Waals surface area contributed by atoms with Crippen LogP contribution in [0.2, 0.25) is 0 Å². The molecule has 1 aromatic rings. The van der Waals surface area contributed by atoms with Crippen molar-refractivity contribution in [2.24, 2.45) is 0 Å². The van der Waals surface area contributed by atoms with Crippen molar-refractivity contribution in [1.82, 2.24) is 0 Å². The number of alkyl halides is 1. The van der Waals surface area contributed by atoms with Gasteiger partial charge in [0, 0.05) is 23.5 Å². The monoisotopic (exact) mass is 323 g/mol. The second-order valence-corrected chi connectivity index (χ2v) is 6.50. The van der Waals surface area contributed by atoms with Crippen molar-refractivity contribution in [3.8, 4) is 0 Å². The van der Waals surface area contributed by atoms with Gasteiger partial charge in [-0.2, -0.15) is 0 Å². The fourth-order valence-corrected chi connectivity index (χ4v) is 3.53. The third kappa shape index (κ3) is 3.38. The van der Waals surface area contributed by atoms with E-state index in [4.69, 9.17) is 0 Å². The third-order valence-corrected chi connectivity index (χ3v) is 4.48. The van der Waals surface area contributed by atoms with Crippen molar-refractivity contribution < 1.29 is 4.79 Å². The van der Waals surface area contributed by atoms with Gasteiger partial charge in [-0.3, -0.25) is 4.79 Å². The molecule has 1 unspecified atom stereocenters. The summed E-state index contributed by atoms with van der Waals surface area (Å²) in [4.78, 5) is 14.3. The van der Waals surface area contributed by atoms with E-state index in [2.05, 4.69) is 41.1 Å². The second-order valence-electron chi connectivity index (χ2n) is 5.20. The minimum Gasteiger partial charge on any atom is -0.312 e. The van der Waals surface area contributed by atoms with Gasteiger partial charge in [0.25, 0.3) is 0 Å². The van der Waals surface area contributed by atoms with Gasteiger partial charge in [-0.1, -0.05) is 48.3 Å². The number of hydrogen-bond acceptors (Lipinski definition) is 1. The van der Waals surface area contributed by atoms with Crippen LogP contribution in [0.15, 0.2) is 18.2 Å². The van der Waals surface area contributed by atoms with Crippen LogP contribution in [0.1, 0.15) is 44.2 Å². The van der Waals surface area contributed by atoms with E-state index in [0.29, 0.717) is 11.2 Å². The lowest BCUT2D eigenvalue weighted by Crippen LogP contribution is -2.27. The van der Waals surface area contributed by atoms with Gasteiger partial charge in [0.1, 0.15) is 0 Å². The Bertz CT molecular complexity index is 458. The summed E-state index contributed by atoms with van der Waals surface area (Å²) >= 11 is 3.74. The molecule has 1 aromatic carbocycles. The zero-order valence-electron chi connectivity index (χ0n) is 11.8. The molecule has 104 valence electrons. The second kappa shape index (κ2) is 6.56. The fourth-order valence-electron chi connectivity index (χ4n) is 2.70. The van der Waals surface area contributed by atoms with Crippen molar-refractivity contribution in [2.75, 3.05) is 11.4 Å². The Morgan fingerprint density at radius 2 is 2.21 bits per heavy atom. The molecule has 1 aliphatic rings. The first kappa shape index (κ1) is 14.6. The van der Waals surface area contributed by atoms with Crippen molar-refractivity contribution in [3.05, 3.63) is 29.3 Å². The average molecular weight is 324 g/mol. The maximum absolute atomic E-state index is 11.8. The molecule has 0 radical (unpaired) electrons. The number of carbonyl (C=O) groups excluding carboxylic acids is 1. The predicted octanol–water partition coefficient (Wildman–Crippen LogP) is 4.09. The summed E-state index contributed by atoms with van der Waals surface area (Å²) in [6.45, 7) is 4.98. The van der Waals surface area contributed by atoms with Crippen LogP contribution < -0.4 is 4.90 Å². The molecule has 0 aromatic heterocycles. The molecule has 19 heavy (non-hydrogen) atoms. The molecule has 0 N–H and O–H groups in total. The van der Waals surface area contributed by atoms with Gasteiger partial charge in [0.2, 0.25) is 5.91 Å². The molecule has 1 heterocycles. The average Bonchev–Trinajstić information content (AvgIpc) is 2.81.